The molecule has 3 N–H and O–H groups in total. The molecule has 2 fully saturated rings. The van der Waals surface area contributed by atoms with E-state index in [9.17, 15) is 15.0 Å². The lowest BCUT2D eigenvalue weighted by atomic mass is 9.94. The molecule has 0 spiro atoms. The first-order valence-corrected chi connectivity index (χ1v) is 9.41. The first-order chi connectivity index (χ1) is 11.3. The number of nitrogens with one attached hydrogen (secondary N) is 1. The number of halogens is 1. The lowest BCUT2D eigenvalue weighted by molar-refractivity contribution is -0.150. The number of hydrogen-bond acceptors (Lipinski definition) is 5. The first-order valence-electron chi connectivity index (χ1n) is 8.97. The van der Waals surface area contributed by atoms with Crippen LogP contribution in [-0.2, 0) is 9.53 Å². The van der Waals surface area contributed by atoms with Crippen LogP contribution in [0.2, 0.25) is 0 Å². The molecular weight excluding hydrogens is 332 g/mol. The standard InChI is InChI=1S/C17H31ClN2O4/c1-4-5-11-8-12(20(3)9-11)17(23)19-14(10(2)18)16-15(22)13(21)6-7-24-16/h10-16,21-22H,4-9H2,1-3H3,(H,19,23)/t10?,11-,12+,13-,14?,15-,16-/m1/s1. The first kappa shape index (κ1) is 19.9. The number of aliphatic hydroxyl groups excluding tert-OH is 2. The fraction of sp³-hybridized carbons (Fsp3) is 0.941. The van der Waals surface area contributed by atoms with E-state index in [0.29, 0.717) is 18.9 Å². The van der Waals surface area contributed by atoms with Crippen molar-refractivity contribution >= 4 is 17.5 Å². The van der Waals surface area contributed by atoms with Gasteiger partial charge in [-0.1, -0.05) is 13.3 Å². The van der Waals surface area contributed by atoms with Crippen molar-refractivity contribution in [2.45, 2.75) is 75.3 Å². The molecule has 2 rings (SSSR count). The average molecular weight is 363 g/mol. The van der Waals surface area contributed by atoms with Crippen LogP contribution in [-0.4, -0.2) is 77.0 Å². The van der Waals surface area contributed by atoms with Crippen LogP contribution >= 0.6 is 11.6 Å². The molecule has 0 aliphatic carbocycles. The van der Waals surface area contributed by atoms with Crippen LogP contribution in [0, 0.1) is 5.92 Å². The Labute approximate surface area is 149 Å². The number of carbonyl (C=O) groups is 1. The molecule has 2 aliphatic heterocycles. The zero-order chi connectivity index (χ0) is 17.9. The largest absolute Gasteiger partial charge is 0.390 e. The highest BCUT2D eigenvalue weighted by molar-refractivity contribution is 6.21. The van der Waals surface area contributed by atoms with E-state index in [1.807, 2.05) is 7.05 Å². The fourth-order valence-electron chi connectivity index (χ4n) is 3.88. The van der Waals surface area contributed by atoms with Gasteiger partial charge in [0, 0.05) is 13.2 Å². The summed E-state index contributed by atoms with van der Waals surface area (Å²) in [5.41, 5.74) is 0. The van der Waals surface area contributed by atoms with Gasteiger partial charge in [0.25, 0.3) is 0 Å². The van der Waals surface area contributed by atoms with Gasteiger partial charge in [-0.3, -0.25) is 9.69 Å². The summed E-state index contributed by atoms with van der Waals surface area (Å²) in [6.45, 7) is 5.20. The smallest absolute Gasteiger partial charge is 0.237 e. The third-order valence-electron chi connectivity index (χ3n) is 5.25. The van der Waals surface area contributed by atoms with Gasteiger partial charge in [-0.25, -0.2) is 0 Å². The normalized spacial score (nSPS) is 37.2. The Kier molecular flexibility index (Phi) is 7.31. The summed E-state index contributed by atoms with van der Waals surface area (Å²) in [7, 11) is 1.97. The van der Waals surface area contributed by atoms with Gasteiger partial charge in [-0.15, -0.1) is 11.6 Å². The molecule has 2 saturated heterocycles. The number of carbonyl (C=O) groups excluding carboxylic acids is 1. The SMILES string of the molecule is CCC[C@@H]1C[C@@H](C(=O)NC(C(C)Cl)[C@H]2OCC[C@@H](O)[C@H]2O)N(C)C1. The number of likely N-dealkylation sites (N-methyl/N-ethyl adjacent to an activating group) is 1. The van der Waals surface area contributed by atoms with E-state index < -0.39 is 29.7 Å². The van der Waals surface area contributed by atoms with Crippen LogP contribution < -0.4 is 5.32 Å². The van der Waals surface area contributed by atoms with Gasteiger partial charge in [0.15, 0.2) is 0 Å². The molecule has 0 bridgehead atoms. The molecule has 6 nitrogen and oxygen atoms in total. The number of hydrogen-bond donors (Lipinski definition) is 3. The Morgan fingerprint density at radius 2 is 2.17 bits per heavy atom. The molecule has 0 saturated carbocycles. The number of alkyl halides is 1. The molecule has 2 heterocycles. The maximum Gasteiger partial charge on any atom is 0.237 e. The zero-order valence-electron chi connectivity index (χ0n) is 14.8. The number of rotatable bonds is 6. The van der Waals surface area contributed by atoms with E-state index in [4.69, 9.17) is 16.3 Å². The van der Waals surface area contributed by atoms with Gasteiger partial charge < -0.3 is 20.3 Å². The molecule has 0 aromatic rings. The zero-order valence-corrected chi connectivity index (χ0v) is 15.6. The number of ether oxygens (including phenoxy) is 1. The van der Waals surface area contributed by atoms with Crippen molar-refractivity contribution in [1.29, 1.82) is 0 Å². The highest BCUT2D eigenvalue weighted by Gasteiger charge is 2.42. The van der Waals surface area contributed by atoms with Gasteiger partial charge in [0.05, 0.1) is 23.6 Å². The monoisotopic (exact) mass is 362 g/mol. The van der Waals surface area contributed by atoms with Gasteiger partial charge in [0.2, 0.25) is 5.91 Å². The quantitative estimate of drug-likeness (QED) is 0.607. The van der Waals surface area contributed by atoms with Crippen molar-refractivity contribution in [3.8, 4) is 0 Å². The molecule has 140 valence electrons. The topological polar surface area (TPSA) is 82.0 Å². The summed E-state index contributed by atoms with van der Waals surface area (Å²) in [6.07, 6.45) is 0.897. The number of nitrogens with zero attached hydrogens (tertiary/aromatic N) is 1. The van der Waals surface area contributed by atoms with Crippen LogP contribution in [0.1, 0.15) is 39.5 Å². The Bertz CT molecular complexity index is 423. The number of likely N-dealkylation sites (tertiary alicyclic amines) is 1. The predicted molar refractivity (Wildman–Crippen MR) is 93.0 cm³/mol. The van der Waals surface area contributed by atoms with Crippen LogP contribution in [0.15, 0.2) is 0 Å². The third-order valence-corrected chi connectivity index (χ3v) is 5.52. The van der Waals surface area contributed by atoms with Crippen LogP contribution in [0.5, 0.6) is 0 Å². The average Bonchev–Trinajstić information content (AvgIpc) is 2.89. The summed E-state index contributed by atoms with van der Waals surface area (Å²) in [5, 5.41) is 22.6. The second-order valence-electron chi connectivity index (χ2n) is 7.24. The lowest BCUT2D eigenvalue weighted by Crippen LogP contribution is -2.60. The second-order valence-corrected chi connectivity index (χ2v) is 7.93. The maximum atomic E-state index is 12.7. The minimum Gasteiger partial charge on any atom is -0.390 e. The van der Waals surface area contributed by atoms with Crippen molar-refractivity contribution in [2.75, 3.05) is 20.2 Å². The predicted octanol–water partition coefficient (Wildman–Crippen LogP) is 0.730. The van der Waals surface area contributed by atoms with E-state index in [0.717, 1.165) is 25.8 Å². The molecule has 7 heteroatoms. The van der Waals surface area contributed by atoms with Crippen LogP contribution in [0.3, 0.4) is 0 Å². The maximum absolute atomic E-state index is 12.7. The minimum atomic E-state index is -1.04. The van der Waals surface area contributed by atoms with E-state index >= 15 is 0 Å². The summed E-state index contributed by atoms with van der Waals surface area (Å²) in [4.78, 5) is 14.8. The Balaban J connectivity index is 2.01. The molecule has 24 heavy (non-hydrogen) atoms. The summed E-state index contributed by atoms with van der Waals surface area (Å²) in [5.74, 6) is 0.463. The van der Waals surface area contributed by atoms with Crippen LogP contribution in [0.4, 0.5) is 0 Å². The van der Waals surface area contributed by atoms with Gasteiger partial charge >= 0.3 is 0 Å². The van der Waals surface area contributed by atoms with Crippen LogP contribution in [0.25, 0.3) is 0 Å². The fourth-order valence-corrected chi connectivity index (χ4v) is 4.08. The van der Waals surface area contributed by atoms with Crippen molar-refractivity contribution < 1.29 is 19.7 Å². The Hall–Kier alpha value is -0.400. The molecular formula is C17H31ClN2O4. The molecule has 1 amide bonds. The highest BCUT2D eigenvalue weighted by atomic mass is 35.5. The minimum absolute atomic E-state index is 0.0792. The van der Waals surface area contributed by atoms with E-state index in [2.05, 4.69) is 17.1 Å². The van der Waals surface area contributed by atoms with Gasteiger partial charge in [0.1, 0.15) is 12.2 Å². The van der Waals surface area contributed by atoms with Crippen molar-refractivity contribution in [3.63, 3.8) is 0 Å². The van der Waals surface area contributed by atoms with Gasteiger partial charge in [-0.2, -0.15) is 0 Å². The summed E-state index contributed by atoms with van der Waals surface area (Å²) in [6, 6.07) is -0.715. The second kappa shape index (κ2) is 8.81. The summed E-state index contributed by atoms with van der Waals surface area (Å²) >= 11 is 6.25. The van der Waals surface area contributed by atoms with Crippen molar-refractivity contribution in [3.05, 3.63) is 0 Å². The Morgan fingerprint density at radius 1 is 1.46 bits per heavy atom. The lowest BCUT2D eigenvalue weighted by Gasteiger charge is -2.39. The third kappa shape index (κ3) is 4.61. The summed E-state index contributed by atoms with van der Waals surface area (Å²) < 4.78 is 5.61. The molecule has 0 aromatic heterocycles. The number of amides is 1. The van der Waals surface area contributed by atoms with Crippen molar-refractivity contribution in [2.24, 2.45) is 5.92 Å². The van der Waals surface area contributed by atoms with Crippen molar-refractivity contribution in [1.82, 2.24) is 10.2 Å². The van der Waals surface area contributed by atoms with Gasteiger partial charge in [-0.05, 0) is 39.2 Å². The van der Waals surface area contributed by atoms with E-state index in [1.165, 1.54) is 0 Å². The molecule has 7 atom stereocenters. The number of aliphatic hydroxyl groups is 2. The Morgan fingerprint density at radius 3 is 2.79 bits per heavy atom. The molecule has 0 aromatic carbocycles. The molecule has 2 unspecified atom stereocenters. The highest BCUT2D eigenvalue weighted by Crippen LogP contribution is 2.27. The van der Waals surface area contributed by atoms with E-state index in [-0.39, 0.29) is 11.9 Å². The molecule has 0 radical (unpaired) electrons. The molecule has 2 aliphatic rings. The van der Waals surface area contributed by atoms with E-state index in [1.54, 1.807) is 6.92 Å².